The van der Waals surface area contributed by atoms with E-state index in [1.165, 1.54) is 6.07 Å². The van der Waals surface area contributed by atoms with Crippen molar-refractivity contribution in [3.63, 3.8) is 0 Å². The Labute approximate surface area is 130 Å². The molecule has 1 aliphatic rings. The topological polar surface area (TPSA) is 24.5 Å². The van der Waals surface area contributed by atoms with Gasteiger partial charge in [-0.25, -0.2) is 0 Å². The average Bonchev–Trinajstić information content (AvgIpc) is 2.37. The van der Waals surface area contributed by atoms with Crippen molar-refractivity contribution in [1.29, 1.82) is 0 Å². The lowest BCUT2D eigenvalue weighted by Gasteiger charge is -2.35. The Bertz CT molecular complexity index is 480. The third-order valence-corrected chi connectivity index (χ3v) is 3.90. The maximum absolute atomic E-state index is 12.5. The van der Waals surface area contributed by atoms with Crippen LogP contribution in [0.15, 0.2) is 22.7 Å². The van der Waals surface area contributed by atoms with Crippen LogP contribution in [0.5, 0.6) is 5.75 Å². The van der Waals surface area contributed by atoms with Crippen LogP contribution in [0.2, 0.25) is 0 Å². The van der Waals surface area contributed by atoms with Crippen molar-refractivity contribution in [1.82, 2.24) is 5.32 Å². The summed E-state index contributed by atoms with van der Waals surface area (Å²) in [4.78, 5) is 1.95. The van der Waals surface area contributed by atoms with Gasteiger partial charge in [-0.3, -0.25) is 0 Å². The van der Waals surface area contributed by atoms with Crippen LogP contribution < -0.4 is 15.0 Å². The Morgan fingerprint density at radius 3 is 2.86 bits per heavy atom. The molecule has 0 radical (unpaired) electrons. The largest absolute Gasteiger partial charge is 0.573 e. The molecule has 1 saturated heterocycles. The number of likely N-dealkylation sites (N-methyl/N-ethyl adjacent to an activating group) is 1. The van der Waals surface area contributed by atoms with Crippen molar-refractivity contribution in [2.75, 3.05) is 24.5 Å². The second kappa shape index (κ2) is 6.87. The van der Waals surface area contributed by atoms with E-state index in [-0.39, 0.29) is 5.75 Å². The maximum Gasteiger partial charge on any atom is 0.573 e. The van der Waals surface area contributed by atoms with Crippen molar-refractivity contribution in [2.24, 2.45) is 0 Å². The van der Waals surface area contributed by atoms with E-state index in [0.29, 0.717) is 22.7 Å². The first-order chi connectivity index (χ1) is 9.89. The summed E-state index contributed by atoms with van der Waals surface area (Å²) >= 11 is 3.19. The summed E-state index contributed by atoms with van der Waals surface area (Å²) in [5.41, 5.74) is 0.484. The number of halogens is 4. The molecule has 21 heavy (non-hydrogen) atoms. The number of rotatable bonds is 4. The predicted molar refractivity (Wildman–Crippen MR) is 79.7 cm³/mol. The molecule has 0 bridgehead atoms. The molecule has 7 heteroatoms. The Kier molecular flexibility index (Phi) is 5.37. The van der Waals surface area contributed by atoms with Gasteiger partial charge in [0.15, 0.2) is 5.75 Å². The van der Waals surface area contributed by atoms with Gasteiger partial charge in [-0.15, -0.1) is 13.2 Å². The summed E-state index contributed by atoms with van der Waals surface area (Å²) in [5, 5.41) is 3.35. The molecule has 1 heterocycles. The molecule has 0 spiro atoms. The quantitative estimate of drug-likeness (QED) is 0.873. The third kappa shape index (κ3) is 4.78. The molecule has 1 atom stereocenters. The number of hydrogen-bond donors (Lipinski definition) is 1. The van der Waals surface area contributed by atoms with E-state index in [1.54, 1.807) is 12.1 Å². The molecule has 1 aromatic rings. The molecule has 118 valence electrons. The Morgan fingerprint density at radius 1 is 1.43 bits per heavy atom. The zero-order valence-corrected chi connectivity index (χ0v) is 13.3. The van der Waals surface area contributed by atoms with Crippen molar-refractivity contribution in [3.05, 3.63) is 22.7 Å². The van der Waals surface area contributed by atoms with E-state index in [2.05, 4.69) is 26.0 Å². The smallest absolute Gasteiger partial charge is 0.404 e. The van der Waals surface area contributed by atoms with Gasteiger partial charge < -0.3 is 15.0 Å². The van der Waals surface area contributed by atoms with Crippen molar-refractivity contribution in [2.45, 2.75) is 32.2 Å². The van der Waals surface area contributed by atoms with Crippen LogP contribution >= 0.6 is 15.9 Å². The molecule has 1 N–H and O–H groups in total. The van der Waals surface area contributed by atoms with Gasteiger partial charge in [0.1, 0.15) is 0 Å². The zero-order chi connectivity index (χ0) is 15.5. The molecule has 3 nitrogen and oxygen atoms in total. The fourth-order valence-corrected chi connectivity index (χ4v) is 2.95. The molecule has 1 unspecified atom stereocenters. The molecule has 1 aliphatic heterocycles. The standard InChI is InChI=1S/C14H18BrF3N2O/c1-2-19-11-4-3-7-20(9-11)12-6-5-10(15)8-13(12)21-14(16,17)18/h5-6,8,11,19H,2-4,7,9H2,1H3. The van der Waals surface area contributed by atoms with Crippen molar-refractivity contribution >= 4 is 21.6 Å². The van der Waals surface area contributed by atoms with E-state index in [0.717, 1.165) is 25.9 Å². The van der Waals surface area contributed by atoms with Gasteiger partial charge in [-0.1, -0.05) is 22.9 Å². The van der Waals surface area contributed by atoms with Crippen molar-refractivity contribution in [3.8, 4) is 5.75 Å². The zero-order valence-electron chi connectivity index (χ0n) is 11.7. The molecular formula is C14H18BrF3N2O. The number of nitrogens with one attached hydrogen (secondary N) is 1. The average molecular weight is 367 g/mol. The minimum absolute atomic E-state index is 0.158. The highest BCUT2D eigenvalue weighted by molar-refractivity contribution is 9.10. The summed E-state index contributed by atoms with van der Waals surface area (Å²) in [6, 6.07) is 5.06. The molecule has 0 aliphatic carbocycles. The SMILES string of the molecule is CCNC1CCCN(c2ccc(Br)cc2OC(F)(F)F)C1. The fraction of sp³-hybridized carbons (Fsp3) is 0.571. The number of alkyl halides is 3. The number of nitrogens with zero attached hydrogens (tertiary/aromatic N) is 1. The highest BCUT2D eigenvalue weighted by atomic mass is 79.9. The first-order valence-corrected chi connectivity index (χ1v) is 7.72. The second-order valence-electron chi connectivity index (χ2n) is 5.00. The van der Waals surface area contributed by atoms with Gasteiger partial charge >= 0.3 is 6.36 Å². The van der Waals surface area contributed by atoms with Crippen LogP contribution in [-0.2, 0) is 0 Å². The van der Waals surface area contributed by atoms with Crippen LogP contribution in [0, 0.1) is 0 Å². The molecular weight excluding hydrogens is 349 g/mol. The number of hydrogen-bond acceptors (Lipinski definition) is 3. The number of piperidine rings is 1. The van der Waals surface area contributed by atoms with Gasteiger partial charge in [-0.2, -0.15) is 0 Å². The number of anilines is 1. The minimum atomic E-state index is -4.69. The Morgan fingerprint density at radius 2 is 2.19 bits per heavy atom. The van der Waals surface area contributed by atoms with Gasteiger partial charge in [0.05, 0.1) is 5.69 Å². The van der Waals surface area contributed by atoms with E-state index >= 15 is 0 Å². The summed E-state index contributed by atoms with van der Waals surface area (Å²) in [5.74, 6) is -0.158. The van der Waals surface area contributed by atoms with Gasteiger partial charge in [-0.05, 0) is 37.6 Å². The Balaban J connectivity index is 2.21. The Hall–Kier alpha value is -0.950. The van der Waals surface area contributed by atoms with Crippen LogP contribution in [-0.4, -0.2) is 32.0 Å². The van der Waals surface area contributed by atoms with E-state index in [9.17, 15) is 13.2 Å². The normalized spacial score (nSPS) is 19.7. The van der Waals surface area contributed by atoms with Crippen LogP contribution in [0.3, 0.4) is 0 Å². The predicted octanol–water partition coefficient (Wildman–Crippen LogP) is 3.93. The van der Waals surface area contributed by atoms with Gasteiger partial charge in [0.2, 0.25) is 0 Å². The number of benzene rings is 1. The lowest BCUT2D eigenvalue weighted by Crippen LogP contribution is -2.45. The van der Waals surface area contributed by atoms with Gasteiger partial charge in [0, 0.05) is 23.6 Å². The van der Waals surface area contributed by atoms with E-state index in [4.69, 9.17) is 0 Å². The summed E-state index contributed by atoms with van der Waals surface area (Å²) in [7, 11) is 0. The highest BCUT2D eigenvalue weighted by Gasteiger charge is 2.33. The molecule has 2 rings (SSSR count). The fourth-order valence-electron chi connectivity index (χ4n) is 2.61. The lowest BCUT2D eigenvalue weighted by molar-refractivity contribution is -0.274. The molecule has 1 aromatic carbocycles. The van der Waals surface area contributed by atoms with Gasteiger partial charge in [0.25, 0.3) is 0 Å². The summed E-state index contributed by atoms with van der Waals surface area (Å²) in [6.45, 7) is 4.29. The first-order valence-electron chi connectivity index (χ1n) is 6.92. The number of ether oxygens (including phenoxy) is 1. The molecule has 0 amide bonds. The first kappa shape index (κ1) is 16.4. The monoisotopic (exact) mass is 366 g/mol. The second-order valence-corrected chi connectivity index (χ2v) is 5.92. The molecule has 1 fully saturated rings. The van der Waals surface area contributed by atoms with Crippen LogP contribution in [0.1, 0.15) is 19.8 Å². The van der Waals surface area contributed by atoms with Crippen LogP contribution in [0.4, 0.5) is 18.9 Å². The summed E-state index contributed by atoms with van der Waals surface area (Å²) in [6.07, 6.45) is -2.71. The molecule has 0 saturated carbocycles. The third-order valence-electron chi connectivity index (χ3n) is 3.40. The highest BCUT2D eigenvalue weighted by Crippen LogP contribution is 2.36. The van der Waals surface area contributed by atoms with Crippen molar-refractivity contribution < 1.29 is 17.9 Å². The van der Waals surface area contributed by atoms with Crippen LogP contribution in [0.25, 0.3) is 0 Å². The van der Waals surface area contributed by atoms with E-state index < -0.39 is 6.36 Å². The lowest BCUT2D eigenvalue weighted by atomic mass is 10.0. The molecule has 0 aromatic heterocycles. The minimum Gasteiger partial charge on any atom is -0.404 e. The summed E-state index contributed by atoms with van der Waals surface area (Å²) < 4.78 is 42.4. The maximum atomic E-state index is 12.5. The van der Waals surface area contributed by atoms with E-state index in [1.807, 2.05) is 11.8 Å².